The lowest BCUT2D eigenvalue weighted by Crippen LogP contribution is -2.73. The number of allylic oxidation sites excluding steroid dienone is 1. The fourth-order valence-corrected chi connectivity index (χ4v) is 15.8. The third-order valence-electron chi connectivity index (χ3n) is 19.5. The molecule has 0 aromatic rings. The molecule has 2 bridgehead atoms. The van der Waals surface area contributed by atoms with E-state index in [9.17, 15) is 51.1 Å². The molecule has 0 radical (unpaired) electrons. The van der Waals surface area contributed by atoms with E-state index in [0.29, 0.717) is 25.9 Å². The van der Waals surface area contributed by atoms with E-state index in [1.165, 1.54) is 6.92 Å². The van der Waals surface area contributed by atoms with Crippen LogP contribution in [0, 0.1) is 50.2 Å². The summed E-state index contributed by atoms with van der Waals surface area (Å²) in [6.45, 7) is 17.6. The van der Waals surface area contributed by atoms with Crippen molar-refractivity contribution in [2.75, 3.05) is 19.8 Å². The highest BCUT2D eigenvalue weighted by molar-refractivity contribution is 5.36. The van der Waals surface area contributed by atoms with Gasteiger partial charge in [-0.2, -0.15) is 0 Å². The van der Waals surface area contributed by atoms with Gasteiger partial charge in [0.2, 0.25) is 0 Å². The van der Waals surface area contributed by atoms with E-state index in [2.05, 4.69) is 60.6 Å². The molecule has 25 atom stereocenters. The van der Waals surface area contributed by atoms with Gasteiger partial charge in [0.05, 0.1) is 43.7 Å². The smallest absolute Gasteiger partial charge is 0.187 e. The topological polar surface area (TPSA) is 267 Å². The van der Waals surface area contributed by atoms with Crippen LogP contribution < -0.4 is 0 Å². The van der Waals surface area contributed by atoms with Crippen molar-refractivity contribution < 1.29 is 84.2 Å². The molecule has 8 fully saturated rings. The van der Waals surface area contributed by atoms with Crippen molar-refractivity contribution >= 4 is 0 Å². The lowest BCUT2D eigenvalue weighted by molar-refractivity contribution is -0.370. The van der Waals surface area contributed by atoms with Crippen molar-refractivity contribution in [3.63, 3.8) is 0 Å². The first-order valence-electron chi connectivity index (χ1n) is 24.3. The van der Waals surface area contributed by atoms with Crippen molar-refractivity contribution in [3.8, 4) is 0 Å². The Morgan fingerprint density at radius 2 is 1.31 bits per heavy atom. The molecule has 9 rings (SSSR count). The molecule has 4 aliphatic heterocycles. The third-order valence-corrected chi connectivity index (χ3v) is 19.5. The number of hydrogen-bond acceptors (Lipinski definition) is 17. The summed E-state index contributed by atoms with van der Waals surface area (Å²) in [4.78, 5) is 0. The van der Waals surface area contributed by atoms with Crippen molar-refractivity contribution in [1.29, 1.82) is 0 Å². The number of aliphatic hydroxyl groups excluding tert-OH is 10. The summed E-state index contributed by atoms with van der Waals surface area (Å²) < 4.78 is 43.3. The predicted molar refractivity (Wildman–Crippen MR) is 228 cm³/mol. The van der Waals surface area contributed by atoms with Gasteiger partial charge in [0.1, 0.15) is 67.1 Å². The van der Waals surface area contributed by atoms with Gasteiger partial charge in [0, 0.05) is 16.7 Å². The van der Waals surface area contributed by atoms with Gasteiger partial charge in [-0.3, -0.25) is 0 Å². The Bertz CT molecular complexity index is 1780. The summed E-state index contributed by atoms with van der Waals surface area (Å²) in [6, 6.07) is 0. The minimum atomic E-state index is -1.75. The van der Waals surface area contributed by atoms with Gasteiger partial charge in [-0.05, 0) is 91.8 Å². The Hall–Kier alpha value is -0.940. The first-order valence-corrected chi connectivity index (χ1v) is 24.3. The number of rotatable bonds is 8. The molecule has 0 aromatic carbocycles. The standard InChI is InChI=1S/C48H78O17/c1-22-30(51)32(53)36(57)40(61-22)65-38-25(19-59-39-35(56)33(54)31(52)24(18-49)63-39)64-41(37(58)34(38)55)62-23-9-11-44(6)26-10-12-48-28-16-42(2,3)13-14-47(28,21-60-48)29(50)17-46(48,8)45(26,7)20-43(4,5)27(44)15-23/h10,12,22-41,49-58H,9,11,13-21H2,1-8H3. The monoisotopic (exact) mass is 927 g/mol. The first-order chi connectivity index (χ1) is 30.3. The molecular formula is C48H78O17. The van der Waals surface area contributed by atoms with Gasteiger partial charge in [0.25, 0.3) is 0 Å². The second kappa shape index (κ2) is 16.6. The van der Waals surface area contributed by atoms with Gasteiger partial charge >= 0.3 is 0 Å². The molecule has 17 heteroatoms. The van der Waals surface area contributed by atoms with E-state index in [1.54, 1.807) is 0 Å². The summed E-state index contributed by atoms with van der Waals surface area (Å²) in [7, 11) is 0. The van der Waals surface area contributed by atoms with Crippen molar-refractivity contribution in [2.24, 2.45) is 50.2 Å². The minimum absolute atomic E-state index is 0.162. The molecule has 10 N–H and O–H groups in total. The quantitative estimate of drug-likeness (QED) is 0.118. The van der Waals surface area contributed by atoms with Crippen LogP contribution in [0.2, 0.25) is 0 Å². The number of ether oxygens (including phenoxy) is 7. The Labute approximate surface area is 382 Å². The predicted octanol–water partition coefficient (Wildman–Crippen LogP) is 0.629. The van der Waals surface area contributed by atoms with Crippen LogP contribution in [0.25, 0.3) is 0 Å². The van der Waals surface area contributed by atoms with Crippen LogP contribution >= 0.6 is 0 Å². The Morgan fingerprint density at radius 1 is 0.662 bits per heavy atom. The number of hydrogen-bond donors (Lipinski definition) is 10. The van der Waals surface area contributed by atoms with Gasteiger partial charge in [0.15, 0.2) is 18.9 Å². The molecule has 0 aromatic heterocycles. The van der Waals surface area contributed by atoms with Crippen molar-refractivity contribution in [3.05, 3.63) is 12.2 Å². The average Bonchev–Trinajstić information content (AvgIpc) is 3.52. The van der Waals surface area contributed by atoms with Crippen LogP contribution in [0.3, 0.4) is 0 Å². The molecule has 17 nitrogen and oxygen atoms in total. The fourth-order valence-electron chi connectivity index (χ4n) is 15.8. The Kier molecular flexibility index (Phi) is 12.5. The van der Waals surface area contributed by atoms with E-state index >= 15 is 0 Å². The lowest BCUT2D eigenvalue weighted by Gasteiger charge is -2.74. The van der Waals surface area contributed by atoms with E-state index in [-0.39, 0.29) is 50.2 Å². The zero-order valence-corrected chi connectivity index (χ0v) is 39.3. The minimum Gasteiger partial charge on any atom is -0.394 e. The van der Waals surface area contributed by atoms with Gasteiger partial charge < -0.3 is 84.2 Å². The van der Waals surface area contributed by atoms with Crippen LogP contribution in [-0.2, 0) is 33.2 Å². The molecule has 372 valence electrons. The number of aliphatic hydroxyl groups is 10. The molecule has 0 amide bonds. The Morgan fingerprint density at radius 3 is 2.02 bits per heavy atom. The Balaban J connectivity index is 0.954. The zero-order chi connectivity index (χ0) is 47.2. The average molecular weight is 927 g/mol. The molecule has 5 aliphatic carbocycles. The van der Waals surface area contributed by atoms with Crippen LogP contribution in [0.1, 0.15) is 107 Å². The normalized spacial score (nSPS) is 58.0. The van der Waals surface area contributed by atoms with E-state index in [0.717, 1.165) is 32.1 Å². The highest BCUT2D eigenvalue weighted by atomic mass is 16.8. The molecule has 4 heterocycles. The molecule has 65 heavy (non-hydrogen) atoms. The highest BCUT2D eigenvalue weighted by Crippen LogP contribution is 2.80. The SMILES string of the molecule is CC1OC(OC2C(COC3OC(CO)C(O)C(O)C3O)OC(OC3CCC4(C)C(C3)C(C)(C)CC3(C)C4C=CC45OCC6(CCC(C)(C)CC64)C(O)CC35C)C(O)C2O)C(O)C(O)C1O. The summed E-state index contributed by atoms with van der Waals surface area (Å²) >= 11 is 0. The molecule has 25 unspecified atom stereocenters. The lowest BCUT2D eigenvalue weighted by atomic mass is 9.30. The maximum absolute atomic E-state index is 12.3. The van der Waals surface area contributed by atoms with Crippen molar-refractivity contribution in [2.45, 2.75) is 217 Å². The number of fused-ring (bicyclic) bond motifs is 4. The van der Waals surface area contributed by atoms with Crippen LogP contribution in [0.15, 0.2) is 12.2 Å². The molecule has 4 saturated carbocycles. The fraction of sp³-hybridized carbons (Fsp3) is 0.958. The summed E-state index contributed by atoms with van der Waals surface area (Å²) in [5.41, 5.74) is -1.41. The molecular weight excluding hydrogens is 849 g/mol. The van der Waals surface area contributed by atoms with E-state index < -0.39 is 123 Å². The second-order valence-corrected chi connectivity index (χ2v) is 24.1. The maximum Gasteiger partial charge on any atom is 0.187 e. The molecule has 1 spiro atoms. The maximum atomic E-state index is 12.3. The van der Waals surface area contributed by atoms with Crippen LogP contribution in [-0.4, -0.2) is 181 Å². The van der Waals surface area contributed by atoms with Gasteiger partial charge in [-0.25, -0.2) is 0 Å². The molecule has 4 saturated heterocycles. The third kappa shape index (κ3) is 7.25. The van der Waals surface area contributed by atoms with E-state index in [4.69, 9.17) is 33.2 Å². The summed E-state index contributed by atoms with van der Waals surface area (Å²) in [5.74, 6) is 0.585. The molecule has 9 aliphatic rings. The van der Waals surface area contributed by atoms with Gasteiger partial charge in [-0.1, -0.05) is 60.6 Å². The van der Waals surface area contributed by atoms with Crippen LogP contribution in [0.5, 0.6) is 0 Å². The largest absolute Gasteiger partial charge is 0.394 e. The summed E-state index contributed by atoms with van der Waals surface area (Å²) in [6.07, 6.45) is -12.1. The first kappa shape index (κ1) is 49.1. The van der Waals surface area contributed by atoms with Crippen LogP contribution in [0.4, 0.5) is 0 Å². The van der Waals surface area contributed by atoms with Gasteiger partial charge in [-0.15, -0.1) is 0 Å². The van der Waals surface area contributed by atoms with E-state index in [1.807, 2.05) is 0 Å². The highest BCUT2D eigenvalue weighted by Gasteiger charge is 2.79. The van der Waals surface area contributed by atoms with Crippen molar-refractivity contribution in [1.82, 2.24) is 0 Å². The second-order valence-electron chi connectivity index (χ2n) is 24.1. The zero-order valence-electron chi connectivity index (χ0n) is 39.3. The summed E-state index contributed by atoms with van der Waals surface area (Å²) in [5, 5.41) is 109.